The molecule has 0 amide bonds. The summed E-state index contributed by atoms with van der Waals surface area (Å²) in [5.41, 5.74) is 0.892. The van der Waals surface area contributed by atoms with Crippen LogP contribution in [0.3, 0.4) is 0 Å². The number of rotatable bonds is 3. The van der Waals surface area contributed by atoms with Crippen LogP contribution in [-0.4, -0.2) is 15.1 Å². The Labute approximate surface area is 106 Å². The Balaban J connectivity index is 2.21. The lowest BCUT2D eigenvalue weighted by Gasteiger charge is -2.08. The molecule has 0 radical (unpaired) electrons. The van der Waals surface area contributed by atoms with Crippen molar-refractivity contribution in [3.63, 3.8) is 0 Å². The number of H-pyrrole nitrogens is 1. The third-order valence-electron chi connectivity index (χ3n) is 2.11. The fraction of sp³-hybridized carbons (Fsp3) is 0.182. The fourth-order valence-electron chi connectivity index (χ4n) is 1.33. The second kappa shape index (κ2) is 5.03. The molecule has 84 valence electrons. The molecule has 2 rings (SSSR count). The summed E-state index contributed by atoms with van der Waals surface area (Å²) in [7, 11) is 0. The van der Waals surface area contributed by atoms with Crippen molar-refractivity contribution < 1.29 is 5.11 Å². The molecule has 0 aliphatic heterocycles. The first-order chi connectivity index (χ1) is 7.66. The summed E-state index contributed by atoms with van der Waals surface area (Å²) in [4.78, 5) is 8.25. The van der Waals surface area contributed by atoms with Crippen LogP contribution >= 0.6 is 27.7 Å². The van der Waals surface area contributed by atoms with Crippen LogP contribution in [-0.2, 0) is 0 Å². The van der Waals surface area contributed by atoms with E-state index in [4.69, 9.17) is 0 Å². The number of benzene rings is 1. The van der Waals surface area contributed by atoms with E-state index in [0.29, 0.717) is 0 Å². The van der Waals surface area contributed by atoms with Crippen molar-refractivity contribution in [3.05, 3.63) is 40.6 Å². The van der Waals surface area contributed by atoms with Gasteiger partial charge in [-0.3, -0.25) is 0 Å². The Hall–Kier alpha value is -0.780. The van der Waals surface area contributed by atoms with E-state index < -0.39 is 6.10 Å². The predicted molar refractivity (Wildman–Crippen MR) is 67.5 cm³/mol. The van der Waals surface area contributed by atoms with Gasteiger partial charge in [0.05, 0.1) is 6.10 Å². The number of nitrogens with zero attached hydrogens (tertiary/aromatic N) is 1. The quantitative estimate of drug-likeness (QED) is 0.913. The highest BCUT2D eigenvalue weighted by molar-refractivity contribution is 9.10. The zero-order chi connectivity index (χ0) is 11.5. The molecule has 0 bridgehead atoms. The molecule has 2 aromatic rings. The van der Waals surface area contributed by atoms with Crippen molar-refractivity contribution in [1.29, 1.82) is 0 Å². The van der Waals surface area contributed by atoms with E-state index in [2.05, 4.69) is 25.9 Å². The highest BCUT2D eigenvalue weighted by Crippen LogP contribution is 2.31. The number of aliphatic hydroxyl groups is 1. The van der Waals surface area contributed by atoms with Gasteiger partial charge in [-0.15, -0.1) is 0 Å². The summed E-state index contributed by atoms with van der Waals surface area (Å²) < 4.78 is 0.916. The van der Waals surface area contributed by atoms with Gasteiger partial charge in [-0.1, -0.05) is 33.8 Å². The van der Waals surface area contributed by atoms with Crippen LogP contribution in [0.25, 0.3) is 0 Å². The maximum atomic E-state index is 9.50. The summed E-state index contributed by atoms with van der Waals surface area (Å²) in [6.45, 7) is 1.75. The summed E-state index contributed by atoms with van der Waals surface area (Å²) in [5.74, 6) is 0. The molecule has 0 fully saturated rings. The normalized spacial score (nSPS) is 12.7. The lowest BCUT2D eigenvalue weighted by molar-refractivity contribution is 0.198. The smallest absolute Gasteiger partial charge is 0.170 e. The molecule has 2 N–H and O–H groups in total. The van der Waals surface area contributed by atoms with Gasteiger partial charge in [-0.25, -0.2) is 4.98 Å². The molecule has 16 heavy (non-hydrogen) atoms. The maximum Gasteiger partial charge on any atom is 0.170 e. The first kappa shape index (κ1) is 11.7. The van der Waals surface area contributed by atoms with Crippen molar-refractivity contribution in [3.8, 4) is 0 Å². The van der Waals surface area contributed by atoms with E-state index >= 15 is 0 Å². The predicted octanol–water partition coefficient (Wildman–Crippen LogP) is 3.38. The van der Waals surface area contributed by atoms with Crippen LogP contribution in [0, 0.1) is 0 Å². The van der Waals surface area contributed by atoms with E-state index in [9.17, 15) is 5.11 Å². The average Bonchev–Trinajstić information content (AvgIpc) is 2.70. The van der Waals surface area contributed by atoms with Crippen molar-refractivity contribution >= 4 is 27.7 Å². The lowest BCUT2D eigenvalue weighted by Crippen LogP contribution is -1.92. The highest BCUT2D eigenvalue weighted by atomic mass is 79.9. The summed E-state index contributed by atoms with van der Waals surface area (Å²) in [6, 6.07) is 5.87. The molecule has 0 saturated heterocycles. The molecule has 0 spiro atoms. The van der Waals surface area contributed by atoms with E-state index in [0.717, 1.165) is 20.1 Å². The largest absolute Gasteiger partial charge is 0.389 e. The van der Waals surface area contributed by atoms with Crippen molar-refractivity contribution in [2.45, 2.75) is 23.1 Å². The Morgan fingerprint density at radius 2 is 2.31 bits per heavy atom. The van der Waals surface area contributed by atoms with Gasteiger partial charge in [0.1, 0.15) is 0 Å². The minimum Gasteiger partial charge on any atom is -0.389 e. The zero-order valence-electron chi connectivity index (χ0n) is 8.64. The number of aliphatic hydroxyl groups excluding tert-OH is 1. The monoisotopic (exact) mass is 298 g/mol. The summed E-state index contributed by atoms with van der Waals surface area (Å²) in [5, 5.41) is 10.4. The van der Waals surface area contributed by atoms with Crippen LogP contribution in [0.15, 0.2) is 45.1 Å². The molecule has 0 aliphatic rings. The van der Waals surface area contributed by atoms with Gasteiger partial charge in [-0.2, -0.15) is 0 Å². The number of nitrogens with one attached hydrogen (secondary N) is 1. The second-order valence-corrected chi connectivity index (χ2v) is 5.27. The number of halogens is 1. The Bertz CT molecular complexity index is 471. The molecule has 1 atom stereocenters. The fourth-order valence-corrected chi connectivity index (χ4v) is 2.97. The molecule has 1 aromatic heterocycles. The van der Waals surface area contributed by atoms with Crippen LogP contribution in [0.1, 0.15) is 18.6 Å². The van der Waals surface area contributed by atoms with Crippen molar-refractivity contribution in [2.24, 2.45) is 0 Å². The average molecular weight is 299 g/mol. The van der Waals surface area contributed by atoms with Crippen LogP contribution in [0.4, 0.5) is 0 Å². The minimum atomic E-state index is -0.461. The molecule has 0 aliphatic carbocycles. The van der Waals surface area contributed by atoms with Gasteiger partial charge in [0.2, 0.25) is 0 Å². The molecule has 1 aromatic carbocycles. The highest BCUT2D eigenvalue weighted by Gasteiger charge is 2.07. The molecule has 5 heteroatoms. The third kappa shape index (κ3) is 2.66. The van der Waals surface area contributed by atoms with E-state index in [-0.39, 0.29) is 0 Å². The van der Waals surface area contributed by atoms with E-state index in [1.165, 1.54) is 0 Å². The number of hydrogen-bond acceptors (Lipinski definition) is 3. The summed E-state index contributed by atoms with van der Waals surface area (Å²) in [6.07, 6.45) is 3.06. The van der Waals surface area contributed by atoms with Gasteiger partial charge in [-0.05, 0) is 24.6 Å². The Kier molecular flexibility index (Phi) is 3.68. The van der Waals surface area contributed by atoms with Crippen LogP contribution < -0.4 is 0 Å². The van der Waals surface area contributed by atoms with Crippen molar-refractivity contribution in [2.75, 3.05) is 0 Å². The third-order valence-corrected chi connectivity index (χ3v) is 3.70. The first-order valence-corrected chi connectivity index (χ1v) is 6.42. The number of imidazole rings is 1. The van der Waals surface area contributed by atoms with Gasteiger partial charge in [0, 0.05) is 21.8 Å². The van der Waals surface area contributed by atoms with Gasteiger partial charge < -0.3 is 10.1 Å². The molecule has 0 saturated carbocycles. The molecule has 1 heterocycles. The maximum absolute atomic E-state index is 9.50. The summed E-state index contributed by atoms with van der Waals surface area (Å²) >= 11 is 5.00. The molecular formula is C11H11BrN2OS. The standard InChI is InChI=1S/C11H11BrN2OS/c1-7(15)9-3-2-8(6-10(9)12)16-11-13-4-5-14-11/h2-7,15H,1H3,(H,13,14). The molecule has 1 unspecified atom stereocenters. The topological polar surface area (TPSA) is 48.9 Å². The van der Waals surface area contributed by atoms with Gasteiger partial charge in [0.25, 0.3) is 0 Å². The number of aromatic nitrogens is 2. The van der Waals surface area contributed by atoms with Gasteiger partial charge in [0.15, 0.2) is 5.16 Å². The van der Waals surface area contributed by atoms with Crippen LogP contribution in [0.5, 0.6) is 0 Å². The molecule has 3 nitrogen and oxygen atoms in total. The first-order valence-electron chi connectivity index (χ1n) is 4.81. The second-order valence-electron chi connectivity index (χ2n) is 3.36. The number of hydrogen-bond donors (Lipinski definition) is 2. The van der Waals surface area contributed by atoms with E-state index in [1.807, 2.05) is 18.2 Å². The number of aromatic amines is 1. The van der Waals surface area contributed by atoms with Crippen molar-refractivity contribution in [1.82, 2.24) is 9.97 Å². The minimum absolute atomic E-state index is 0.461. The lowest BCUT2D eigenvalue weighted by atomic mass is 10.1. The Morgan fingerprint density at radius 1 is 1.50 bits per heavy atom. The van der Waals surface area contributed by atoms with E-state index in [1.54, 1.807) is 31.1 Å². The molecular weight excluding hydrogens is 288 g/mol. The Morgan fingerprint density at radius 3 is 2.88 bits per heavy atom. The SMILES string of the molecule is CC(O)c1ccc(Sc2ncc[nH]2)cc1Br. The zero-order valence-corrected chi connectivity index (χ0v) is 11.0. The van der Waals surface area contributed by atoms with Crippen LogP contribution in [0.2, 0.25) is 0 Å². The van der Waals surface area contributed by atoms with Gasteiger partial charge >= 0.3 is 0 Å².